The number of quaternary nitrogens is 1. The van der Waals surface area contributed by atoms with Crippen molar-refractivity contribution in [3.63, 3.8) is 0 Å². The Morgan fingerprint density at radius 3 is 2.00 bits per heavy atom. The fourth-order valence-electron chi connectivity index (χ4n) is 2.45. The molecular weight excluding hydrogens is 386 g/mol. The highest BCUT2D eigenvalue weighted by atomic mass is 16.5. The van der Waals surface area contributed by atoms with E-state index in [0.29, 0.717) is 12.2 Å². The summed E-state index contributed by atoms with van der Waals surface area (Å²) in [7, 11) is 8.28. The SMILES string of the molecule is COc1cccc(OC(CC[N+](C)(C)C)c2ccccc2)c1.O=C(O)/C=C\C(=O)O. The summed E-state index contributed by atoms with van der Waals surface area (Å²) in [5, 5.41) is 15.6. The second kappa shape index (κ2) is 12.3. The molecule has 7 nitrogen and oxygen atoms in total. The fraction of sp³-hybridized carbons (Fsp3) is 0.304. The molecule has 0 aliphatic heterocycles. The molecule has 30 heavy (non-hydrogen) atoms. The van der Waals surface area contributed by atoms with E-state index in [9.17, 15) is 9.59 Å². The van der Waals surface area contributed by atoms with E-state index in [1.165, 1.54) is 5.56 Å². The Bertz CT molecular complexity index is 811. The molecule has 1 unspecified atom stereocenters. The van der Waals surface area contributed by atoms with Crippen molar-refractivity contribution < 1.29 is 33.8 Å². The van der Waals surface area contributed by atoms with E-state index in [4.69, 9.17) is 19.7 Å². The van der Waals surface area contributed by atoms with Crippen LogP contribution >= 0.6 is 0 Å². The number of benzene rings is 2. The van der Waals surface area contributed by atoms with Crippen LogP contribution in [0.25, 0.3) is 0 Å². The first kappa shape index (κ1) is 24.7. The average molecular weight is 416 g/mol. The Kier molecular flexibility index (Phi) is 10.1. The highest BCUT2D eigenvalue weighted by Crippen LogP contribution is 2.27. The summed E-state index contributed by atoms with van der Waals surface area (Å²) in [6.45, 7) is 1.05. The lowest BCUT2D eigenvalue weighted by Gasteiger charge is -2.27. The van der Waals surface area contributed by atoms with Crippen molar-refractivity contribution in [1.29, 1.82) is 0 Å². The molecule has 2 aromatic carbocycles. The van der Waals surface area contributed by atoms with Crippen molar-refractivity contribution >= 4 is 11.9 Å². The standard InChI is InChI=1S/C19H26NO2.C4H4O4/c1-20(2,3)14-13-19(16-9-6-5-7-10-16)22-18-12-8-11-17(15-18)21-4;5-3(6)1-2-4(7)8/h5-12,15,19H,13-14H2,1-4H3;1-2H,(H,5,6)(H,7,8)/q+1;/b;2-1-. The lowest BCUT2D eigenvalue weighted by molar-refractivity contribution is -0.870. The molecule has 0 spiro atoms. The topological polar surface area (TPSA) is 93.1 Å². The number of carboxylic acids is 2. The zero-order valence-corrected chi connectivity index (χ0v) is 17.8. The molecule has 0 aromatic heterocycles. The van der Waals surface area contributed by atoms with Gasteiger partial charge in [0, 0.05) is 24.6 Å². The minimum Gasteiger partial charge on any atom is -0.497 e. The van der Waals surface area contributed by atoms with Crippen LogP contribution in [0.4, 0.5) is 0 Å². The lowest BCUT2D eigenvalue weighted by atomic mass is 10.1. The van der Waals surface area contributed by atoms with E-state index in [1.807, 2.05) is 30.3 Å². The molecule has 0 fully saturated rings. The van der Waals surface area contributed by atoms with Gasteiger partial charge in [0.25, 0.3) is 0 Å². The molecule has 2 rings (SSSR count). The smallest absolute Gasteiger partial charge is 0.328 e. The third kappa shape index (κ3) is 10.9. The van der Waals surface area contributed by atoms with Gasteiger partial charge in [-0.05, 0) is 17.7 Å². The first-order chi connectivity index (χ1) is 14.1. The molecule has 0 amide bonds. The van der Waals surface area contributed by atoms with Gasteiger partial charge in [-0.15, -0.1) is 0 Å². The highest BCUT2D eigenvalue weighted by molar-refractivity contribution is 5.89. The van der Waals surface area contributed by atoms with E-state index < -0.39 is 11.9 Å². The maximum atomic E-state index is 9.55. The third-order valence-electron chi connectivity index (χ3n) is 3.92. The zero-order valence-electron chi connectivity index (χ0n) is 17.8. The Labute approximate surface area is 177 Å². The van der Waals surface area contributed by atoms with Gasteiger partial charge in [-0.1, -0.05) is 36.4 Å². The second-order valence-corrected chi connectivity index (χ2v) is 7.51. The minimum atomic E-state index is -1.26. The number of nitrogens with zero attached hydrogens (tertiary/aromatic N) is 1. The molecule has 2 aromatic rings. The van der Waals surface area contributed by atoms with Crippen LogP contribution in [0.2, 0.25) is 0 Å². The van der Waals surface area contributed by atoms with E-state index in [2.05, 4.69) is 45.4 Å². The summed E-state index contributed by atoms with van der Waals surface area (Å²) in [5.74, 6) is -0.856. The minimum absolute atomic E-state index is 0.0469. The molecule has 0 heterocycles. The van der Waals surface area contributed by atoms with Crippen molar-refractivity contribution in [3.05, 3.63) is 72.3 Å². The largest absolute Gasteiger partial charge is 0.497 e. The normalized spacial score (nSPS) is 11.9. The van der Waals surface area contributed by atoms with Crippen molar-refractivity contribution in [2.75, 3.05) is 34.8 Å². The van der Waals surface area contributed by atoms with Gasteiger partial charge in [0.2, 0.25) is 0 Å². The van der Waals surface area contributed by atoms with E-state index in [0.717, 1.165) is 28.9 Å². The Balaban J connectivity index is 0.000000479. The molecular formula is C23H30NO6+. The summed E-state index contributed by atoms with van der Waals surface area (Å²) in [5.41, 5.74) is 1.21. The zero-order chi connectivity index (χ0) is 22.6. The predicted octanol–water partition coefficient (Wildman–Crippen LogP) is 3.62. The van der Waals surface area contributed by atoms with Gasteiger partial charge < -0.3 is 24.2 Å². The number of hydrogen-bond donors (Lipinski definition) is 2. The number of aliphatic carboxylic acids is 2. The molecule has 0 aliphatic carbocycles. The summed E-state index contributed by atoms with van der Waals surface area (Å²) in [6.07, 6.45) is 2.13. The summed E-state index contributed by atoms with van der Waals surface area (Å²) in [6, 6.07) is 18.2. The summed E-state index contributed by atoms with van der Waals surface area (Å²) < 4.78 is 12.4. The van der Waals surface area contributed by atoms with Gasteiger partial charge in [0.1, 0.15) is 17.6 Å². The van der Waals surface area contributed by atoms with Gasteiger partial charge in [-0.25, -0.2) is 9.59 Å². The van der Waals surface area contributed by atoms with Crippen molar-refractivity contribution in [2.24, 2.45) is 0 Å². The van der Waals surface area contributed by atoms with Gasteiger partial charge in [0.15, 0.2) is 0 Å². The predicted molar refractivity (Wildman–Crippen MR) is 115 cm³/mol. The van der Waals surface area contributed by atoms with Gasteiger partial charge in [-0.2, -0.15) is 0 Å². The summed E-state index contributed by atoms with van der Waals surface area (Å²) >= 11 is 0. The van der Waals surface area contributed by atoms with Gasteiger partial charge in [-0.3, -0.25) is 0 Å². The number of ether oxygens (including phenoxy) is 2. The molecule has 0 saturated heterocycles. The van der Waals surface area contributed by atoms with Crippen LogP contribution in [0.3, 0.4) is 0 Å². The molecule has 162 valence electrons. The molecule has 0 saturated carbocycles. The Morgan fingerprint density at radius 2 is 1.50 bits per heavy atom. The number of hydrogen-bond acceptors (Lipinski definition) is 4. The van der Waals surface area contributed by atoms with E-state index >= 15 is 0 Å². The van der Waals surface area contributed by atoms with Crippen molar-refractivity contribution in [3.8, 4) is 11.5 Å². The lowest BCUT2D eigenvalue weighted by Crippen LogP contribution is -2.36. The number of methoxy groups -OCH3 is 1. The Hall–Kier alpha value is -3.32. The van der Waals surface area contributed by atoms with Crippen LogP contribution in [0.15, 0.2) is 66.7 Å². The molecule has 1 atom stereocenters. The van der Waals surface area contributed by atoms with Gasteiger partial charge in [0.05, 0.1) is 34.8 Å². The third-order valence-corrected chi connectivity index (χ3v) is 3.92. The molecule has 0 radical (unpaired) electrons. The Morgan fingerprint density at radius 1 is 0.933 bits per heavy atom. The first-order valence-electron chi connectivity index (χ1n) is 9.41. The van der Waals surface area contributed by atoms with Crippen molar-refractivity contribution in [1.82, 2.24) is 0 Å². The maximum Gasteiger partial charge on any atom is 0.328 e. The van der Waals surface area contributed by atoms with Crippen LogP contribution in [0.1, 0.15) is 18.1 Å². The fourth-order valence-corrected chi connectivity index (χ4v) is 2.45. The maximum absolute atomic E-state index is 9.55. The van der Waals surface area contributed by atoms with Crippen LogP contribution in [0, 0.1) is 0 Å². The molecule has 0 aliphatic rings. The van der Waals surface area contributed by atoms with Crippen LogP contribution in [-0.2, 0) is 9.59 Å². The van der Waals surface area contributed by atoms with Crippen LogP contribution in [0.5, 0.6) is 11.5 Å². The average Bonchev–Trinajstić information content (AvgIpc) is 2.70. The highest BCUT2D eigenvalue weighted by Gasteiger charge is 2.18. The van der Waals surface area contributed by atoms with Gasteiger partial charge >= 0.3 is 11.9 Å². The molecule has 2 N–H and O–H groups in total. The quantitative estimate of drug-likeness (QED) is 0.479. The van der Waals surface area contributed by atoms with E-state index in [1.54, 1.807) is 7.11 Å². The number of rotatable bonds is 9. The van der Waals surface area contributed by atoms with Crippen LogP contribution < -0.4 is 9.47 Å². The van der Waals surface area contributed by atoms with Crippen LogP contribution in [-0.4, -0.2) is 61.4 Å². The first-order valence-corrected chi connectivity index (χ1v) is 9.41. The molecule has 7 heteroatoms. The molecule has 0 bridgehead atoms. The van der Waals surface area contributed by atoms with E-state index in [-0.39, 0.29) is 6.10 Å². The van der Waals surface area contributed by atoms with Crippen molar-refractivity contribution in [2.45, 2.75) is 12.5 Å². The number of carboxylic acid groups (broad SMARTS) is 2. The second-order valence-electron chi connectivity index (χ2n) is 7.51. The number of carbonyl (C=O) groups is 2. The summed E-state index contributed by atoms with van der Waals surface area (Å²) in [4.78, 5) is 19.1. The monoisotopic (exact) mass is 416 g/mol.